The van der Waals surface area contributed by atoms with Gasteiger partial charge < -0.3 is 0 Å². The summed E-state index contributed by atoms with van der Waals surface area (Å²) >= 11 is 1.70. The molecule has 0 aliphatic heterocycles. The van der Waals surface area contributed by atoms with E-state index in [0.29, 0.717) is 0 Å². The van der Waals surface area contributed by atoms with E-state index < -0.39 is 0 Å². The summed E-state index contributed by atoms with van der Waals surface area (Å²) < 4.78 is 2.97. The molecule has 0 spiro atoms. The number of rotatable bonds is 1. The van der Waals surface area contributed by atoms with Gasteiger partial charge in [-0.05, 0) is 48.1 Å². The molecule has 20 heavy (non-hydrogen) atoms. The normalized spacial score (nSPS) is 14.9. The molecule has 3 heterocycles. The first kappa shape index (κ1) is 11.7. The summed E-state index contributed by atoms with van der Waals surface area (Å²) in [5.74, 6) is 0. The SMILES string of the molecule is O=c1c(C2=CCCC=C2)ccc2c3ccsc3ccn12. The van der Waals surface area contributed by atoms with Crippen molar-refractivity contribution in [1.29, 1.82) is 0 Å². The molecule has 0 saturated carbocycles. The number of nitrogens with zero attached hydrogens (tertiary/aromatic N) is 1. The van der Waals surface area contributed by atoms with Crippen LogP contribution < -0.4 is 5.56 Å². The molecule has 1 aliphatic carbocycles. The largest absolute Gasteiger partial charge is 0.283 e. The lowest BCUT2D eigenvalue weighted by Gasteiger charge is -2.09. The van der Waals surface area contributed by atoms with E-state index in [-0.39, 0.29) is 5.56 Å². The van der Waals surface area contributed by atoms with Crippen molar-refractivity contribution in [2.75, 3.05) is 0 Å². The highest BCUT2D eigenvalue weighted by molar-refractivity contribution is 7.17. The van der Waals surface area contributed by atoms with Crippen LogP contribution in [0.25, 0.3) is 21.2 Å². The van der Waals surface area contributed by atoms with E-state index in [1.807, 2.05) is 18.3 Å². The van der Waals surface area contributed by atoms with E-state index in [0.717, 1.165) is 34.9 Å². The molecule has 0 unspecified atom stereocenters. The van der Waals surface area contributed by atoms with E-state index >= 15 is 0 Å². The fourth-order valence-corrected chi connectivity index (χ4v) is 3.55. The molecular weight excluding hydrogens is 266 g/mol. The van der Waals surface area contributed by atoms with Crippen LogP contribution in [0, 0.1) is 0 Å². The maximum atomic E-state index is 12.7. The lowest BCUT2D eigenvalue weighted by atomic mass is 10.0. The van der Waals surface area contributed by atoms with Gasteiger partial charge in [-0.25, -0.2) is 0 Å². The van der Waals surface area contributed by atoms with Gasteiger partial charge in [-0.3, -0.25) is 9.20 Å². The Balaban J connectivity index is 2.04. The zero-order valence-corrected chi connectivity index (χ0v) is 11.7. The third-order valence-electron chi connectivity index (χ3n) is 3.77. The van der Waals surface area contributed by atoms with Crippen molar-refractivity contribution in [3.05, 3.63) is 70.0 Å². The summed E-state index contributed by atoms with van der Waals surface area (Å²) in [7, 11) is 0. The number of aromatic nitrogens is 1. The molecule has 0 bridgehead atoms. The van der Waals surface area contributed by atoms with Crippen LogP contribution in [-0.4, -0.2) is 4.40 Å². The first-order chi connectivity index (χ1) is 9.84. The summed E-state index contributed by atoms with van der Waals surface area (Å²) in [6, 6.07) is 8.10. The Labute approximate surface area is 120 Å². The Kier molecular flexibility index (Phi) is 2.60. The third-order valence-corrected chi connectivity index (χ3v) is 4.65. The average molecular weight is 279 g/mol. The van der Waals surface area contributed by atoms with Gasteiger partial charge in [-0.2, -0.15) is 0 Å². The molecule has 2 nitrogen and oxygen atoms in total. The summed E-state index contributed by atoms with van der Waals surface area (Å²) in [6.45, 7) is 0. The van der Waals surface area contributed by atoms with Crippen molar-refractivity contribution < 1.29 is 0 Å². The van der Waals surface area contributed by atoms with Crippen LogP contribution >= 0.6 is 11.3 Å². The lowest BCUT2D eigenvalue weighted by molar-refractivity contribution is 1.03. The van der Waals surface area contributed by atoms with Crippen LogP contribution in [0.5, 0.6) is 0 Å². The van der Waals surface area contributed by atoms with Gasteiger partial charge in [0.2, 0.25) is 0 Å². The topological polar surface area (TPSA) is 21.5 Å². The van der Waals surface area contributed by atoms with Crippen molar-refractivity contribution in [3.8, 4) is 0 Å². The average Bonchev–Trinajstić information content (AvgIpc) is 2.97. The zero-order chi connectivity index (χ0) is 13.5. The number of fused-ring (bicyclic) bond motifs is 3. The van der Waals surface area contributed by atoms with Crippen molar-refractivity contribution in [1.82, 2.24) is 4.40 Å². The summed E-state index contributed by atoms with van der Waals surface area (Å²) in [5, 5.41) is 3.21. The Hall–Kier alpha value is -2.13. The first-order valence-electron chi connectivity index (χ1n) is 6.73. The minimum absolute atomic E-state index is 0.0633. The first-order valence-corrected chi connectivity index (χ1v) is 7.61. The molecule has 0 saturated heterocycles. The van der Waals surface area contributed by atoms with Crippen molar-refractivity contribution >= 4 is 32.5 Å². The van der Waals surface area contributed by atoms with Gasteiger partial charge in [0.15, 0.2) is 0 Å². The number of allylic oxidation sites excluding steroid dienone is 4. The van der Waals surface area contributed by atoms with Crippen LogP contribution in [0.15, 0.2) is 58.9 Å². The number of hydrogen-bond acceptors (Lipinski definition) is 2. The highest BCUT2D eigenvalue weighted by atomic mass is 32.1. The molecule has 98 valence electrons. The van der Waals surface area contributed by atoms with Crippen molar-refractivity contribution in [2.24, 2.45) is 0 Å². The second kappa shape index (κ2) is 4.46. The molecule has 3 aromatic heterocycles. The second-order valence-corrected chi connectivity index (χ2v) is 5.91. The molecule has 0 amide bonds. The summed E-state index contributed by atoms with van der Waals surface area (Å²) in [5.41, 5.74) is 2.88. The third kappa shape index (κ3) is 1.67. The fraction of sp³-hybridized carbons (Fsp3) is 0.118. The van der Waals surface area contributed by atoms with Gasteiger partial charge in [0, 0.05) is 21.8 Å². The lowest BCUT2D eigenvalue weighted by Crippen LogP contribution is -2.17. The highest BCUT2D eigenvalue weighted by Crippen LogP contribution is 2.25. The predicted octanol–water partition coefficient (Wildman–Crippen LogP) is 4.25. The molecular formula is C17H13NOS. The standard InChI is InChI=1S/C17H13NOS/c19-17-13(12-4-2-1-3-5-12)6-7-15-14-9-11-20-16(14)8-10-18(15)17/h2,4-11H,1,3H2. The van der Waals surface area contributed by atoms with Gasteiger partial charge in [0.05, 0.1) is 5.52 Å². The molecule has 3 heteroatoms. The number of hydrogen-bond donors (Lipinski definition) is 0. The monoisotopic (exact) mass is 279 g/mol. The van der Waals surface area contributed by atoms with E-state index in [1.54, 1.807) is 15.7 Å². The Morgan fingerprint density at radius 2 is 2.05 bits per heavy atom. The highest BCUT2D eigenvalue weighted by Gasteiger charge is 2.10. The quantitative estimate of drug-likeness (QED) is 0.652. The van der Waals surface area contributed by atoms with E-state index in [4.69, 9.17) is 0 Å². The maximum absolute atomic E-state index is 12.7. The Morgan fingerprint density at radius 3 is 2.90 bits per heavy atom. The molecule has 4 rings (SSSR count). The van der Waals surface area contributed by atoms with Gasteiger partial charge in [-0.15, -0.1) is 11.3 Å². The number of pyridine rings is 2. The molecule has 0 aromatic carbocycles. The minimum Gasteiger partial charge on any atom is -0.283 e. The predicted molar refractivity (Wildman–Crippen MR) is 85.4 cm³/mol. The number of thiophene rings is 1. The molecule has 1 aliphatic rings. The van der Waals surface area contributed by atoms with Crippen LogP contribution in [-0.2, 0) is 0 Å². The molecule has 0 radical (unpaired) electrons. The Morgan fingerprint density at radius 1 is 1.10 bits per heavy atom. The minimum atomic E-state index is 0.0633. The van der Waals surface area contributed by atoms with Gasteiger partial charge >= 0.3 is 0 Å². The fourth-order valence-electron chi connectivity index (χ4n) is 2.76. The zero-order valence-electron chi connectivity index (χ0n) is 10.9. The molecule has 0 fully saturated rings. The van der Waals surface area contributed by atoms with Crippen LogP contribution in [0.2, 0.25) is 0 Å². The second-order valence-electron chi connectivity index (χ2n) is 4.96. The smallest absolute Gasteiger partial charge is 0.262 e. The van der Waals surface area contributed by atoms with Crippen molar-refractivity contribution in [3.63, 3.8) is 0 Å². The van der Waals surface area contributed by atoms with Gasteiger partial charge in [0.25, 0.3) is 5.56 Å². The molecule has 3 aromatic rings. The maximum Gasteiger partial charge on any atom is 0.262 e. The van der Waals surface area contributed by atoms with E-state index in [1.165, 1.54) is 4.70 Å². The van der Waals surface area contributed by atoms with E-state index in [9.17, 15) is 4.79 Å². The van der Waals surface area contributed by atoms with Crippen LogP contribution in [0.1, 0.15) is 18.4 Å². The van der Waals surface area contributed by atoms with Gasteiger partial charge in [-0.1, -0.05) is 18.2 Å². The van der Waals surface area contributed by atoms with Crippen LogP contribution in [0.3, 0.4) is 0 Å². The summed E-state index contributed by atoms with van der Waals surface area (Å²) in [4.78, 5) is 12.7. The van der Waals surface area contributed by atoms with Gasteiger partial charge in [0.1, 0.15) is 0 Å². The molecule has 0 atom stereocenters. The molecule has 0 N–H and O–H groups in total. The Bertz CT molecular complexity index is 927. The van der Waals surface area contributed by atoms with Crippen LogP contribution in [0.4, 0.5) is 0 Å². The summed E-state index contributed by atoms with van der Waals surface area (Å²) in [6.07, 6.45) is 10.3. The van der Waals surface area contributed by atoms with E-state index in [2.05, 4.69) is 35.7 Å². The van der Waals surface area contributed by atoms with Crippen molar-refractivity contribution in [2.45, 2.75) is 12.8 Å².